The summed E-state index contributed by atoms with van der Waals surface area (Å²) in [6.45, 7) is 0. The fourth-order valence-corrected chi connectivity index (χ4v) is 1.73. The summed E-state index contributed by atoms with van der Waals surface area (Å²) in [5, 5.41) is 3.85. The van der Waals surface area contributed by atoms with E-state index >= 15 is 0 Å². The fraction of sp³-hybridized carbons (Fsp3) is 0. The Hall–Kier alpha value is -1.95. The maximum absolute atomic E-state index is 5.24. The Bertz CT molecular complexity index is 633. The van der Waals surface area contributed by atoms with Crippen LogP contribution >= 0.6 is 15.9 Å². The molecule has 6 heteroatoms. The van der Waals surface area contributed by atoms with Crippen molar-refractivity contribution in [2.75, 3.05) is 0 Å². The molecule has 3 rings (SSSR count). The molecule has 17 heavy (non-hydrogen) atoms. The Kier molecular flexibility index (Phi) is 2.49. The number of pyridine rings is 1. The molecule has 0 bridgehead atoms. The smallest absolute Gasteiger partial charge is 0.295 e. The lowest BCUT2D eigenvalue weighted by Crippen LogP contribution is -1.83. The van der Waals surface area contributed by atoms with E-state index in [9.17, 15) is 0 Å². The van der Waals surface area contributed by atoms with Gasteiger partial charge in [-0.15, -0.1) is 0 Å². The molecule has 0 atom stereocenters. The number of furan rings is 1. The SMILES string of the molecule is Brc1ccoc1-c1nc(-c2ccccn2)no1. The number of hydrogen-bond acceptors (Lipinski definition) is 5. The second-order valence-electron chi connectivity index (χ2n) is 3.24. The number of hydrogen-bond donors (Lipinski definition) is 0. The first kappa shape index (κ1) is 10.2. The van der Waals surface area contributed by atoms with Gasteiger partial charge >= 0.3 is 0 Å². The Labute approximate surface area is 105 Å². The second-order valence-corrected chi connectivity index (χ2v) is 4.09. The zero-order chi connectivity index (χ0) is 11.7. The average molecular weight is 292 g/mol. The van der Waals surface area contributed by atoms with Crippen LogP contribution in [0.1, 0.15) is 0 Å². The van der Waals surface area contributed by atoms with Gasteiger partial charge in [0.1, 0.15) is 5.69 Å². The molecular weight excluding hydrogens is 286 g/mol. The van der Waals surface area contributed by atoms with Crippen LogP contribution < -0.4 is 0 Å². The van der Waals surface area contributed by atoms with E-state index in [1.807, 2.05) is 18.2 Å². The monoisotopic (exact) mass is 291 g/mol. The van der Waals surface area contributed by atoms with Gasteiger partial charge in [0.15, 0.2) is 0 Å². The summed E-state index contributed by atoms with van der Waals surface area (Å²) in [4.78, 5) is 8.36. The minimum Gasteiger partial charge on any atom is -0.458 e. The molecule has 3 aromatic heterocycles. The molecule has 0 saturated carbocycles. The summed E-state index contributed by atoms with van der Waals surface area (Å²) in [6.07, 6.45) is 3.22. The molecule has 0 saturated heterocycles. The number of nitrogens with zero attached hydrogens (tertiary/aromatic N) is 3. The van der Waals surface area contributed by atoms with Crippen LogP contribution in [0.5, 0.6) is 0 Å². The fourth-order valence-electron chi connectivity index (χ4n) is 1.36. The van der Waals surface area contributed by atoms with E-state index in [1.54, 1.807) is 18.5 Å². The van der Waals surface area contributed by atoms with Crippen molar-refractivity contribution in [3.05, 3.63) is 41.2 Å². The maximum Gasteiger partial charge on any atom is 0.295 e. The van der Waals surface area contributed by atoms with Crippen LogP contribution in [0.2, 0.25) is 0 Å². The van der Waals surface area contributed by atoms with E-state index < -0.39 is 0 Å². The summed E-state index contributed by atoms with van der Waals surface area (Å²) in [5.41, 5.74) is 0.658. The van der Waals surface area contributed by atoms with E-state index in [2.05, 4.69) is 31.1 Å². The van der Waals surface area contributed by atoms with Crippen molar-refractivity contribution < 1.29 is 8.94 Å². The molecule has 0 N–H and O–H groups in total. The standard InChI is InChI=1S/C11H6BrN3O2/c12-7-4-6-16-9(7)11-14-10(15-17-11)8-3-1-2-5-13-8/h1-6H. The zero-order valence-corrected chi connectivity index (χ0v) is 10.1. The predicted molar refractivity (Wildman–Crippen MR) is 62.9 cm³/mol. The highest BCUT2D eigenvalue weighted by Gasteiger charge is 2.16. The second kappa shape index (κ2) is 4.14. The lowest BCUT2D eigenvalue weighted by atomic mass is 10.3. The topological polar surface area (TPSA) is 65.0 Å². The minimum absolute atomic E-state index is 0.322. The van der Waals surface area contributed by atoms with Crippen LogP contribution in [-0.4, -0.2) is 15.1 Å². The molecule has 0 aliphatic rings. The summed E-state index contributed by atoms with van der Waals surface area (Å²) in [7, 11) is 0. The molecule has 0 aromatic carbocycles. The molecule has 3 heterocycles. The van der Waals surface area contributed by atoms with Crippen molar-refractivity contribution in [1.82, 2.24) is 15.1 Å². The van der Waals surface area contributed by atoms with E-state index in [0.717, 1.165) is 4.47 Å². The van der Waals surface area contributed by atoms with Gasteiger partial charge in [-0.1, -0.05) is 11.2 Å². The van der Waals surface area contributed by atoms with Crippen LogP contribution in [0.4, 0.5) is 0 Å². The third kappa shape index (κ3) is 1.87. The van der Waals surface area contributed by atoms with Crippen LogP contribution in [-0.2, 0) is 0 Å². The molecule has 5 nitrogen and oxygen atoms in total. The van der Waals surface area contributed by atoms with Gasteiger partial charge < -0.3 is 8.94 Å². The van der Waals surface area contributed by atoms with Crippen molar-refractivity contribution in [2.24, 2.45) is 0 Å². The van der Waals surface area contributed by atoms with Gasteiger partial charge in [0.25, 0.3) is 5.89 Å². The molecular formula is C11H6BrN3O2. The van der Waals surface area contributed by atoms with Gasteiger partial charge in [-0.25, -0.2) is 0 Å². The summed E-state index contributed by atoms with van der Waals surface area (Å²) < 4.78 is 11.1. The molecule has 0 amide bonds. The molecule has 0 spiro atoms. The van der Waals surface area contributed by atoms with Gasteiger partial charge in [0, 0.05) is 6.20 Å². The molecule has 0 aliphatic carbocycles. The summed E-state index contributed by atoms with van der Waals surface area (Å²) >= 11 is 3.33. The first-order valence-corrected chi connectivity index (χ1v) is 5.62. The summed E-state index contributed by atoms with van der Waals surface area (Å²) in [5.74, 6) is 1.27. The minimum atomic E-state index is 0.322. The normalized spacial score (nSPS) is 10.6. The van der Waals surface area contributed by atoms with Crippen molar-refractivity contribution >= 4 is 15.9 Å². The van der Waals surface area contributed by atoms with Crippen molar-refractivity contribution in [3.8, 4) is 23.2 Å². The lowest BCUT2D eigenvalue weighted by Gasteiger charge is -1.89. The zero-order valence-electron chi connectivity index (χ0n) is 8.50. The Morgan fingerprint density at radius 1 is 1.18 bits per heavy atom. The molecule has 0 unspecified atom stereocenters. The van der Waals surface area contributed by atoms with Crippen molar-refractivity contribution in [3.63, 3.8) is 0 Å². The number of halogens is 1. The average Bonchev–Trinajstić information content (AvgIpc) is 2.98. The van der Waals surface area contributed by atoms with Crippen molar-refractivity contribution in [2.45, 2.75) is 0 Å². The maximum atomic E-state index is 5.24. The van der Waals surface area contributed by atoms with Gasteiger partial charge in [-0.2, -0.15) is 4.98 Å². The molecule has 0 aliphatic heterocycles. The van der Waals surface area contributed by atoms with E-state index in [-0.39, 0.29) is 0 Å². The van der Waals surface area contributed by atoms with Gasteiger partial charge in [-0.05, 0) is 34.1 Å². The first-order valence-electron chi connectivity index (χ1n) is 4.83. The van der Waals surface area contributed by atoms with Crippen LogP contribution in [0, 0.1) is 0 Å². The summed E-state index contributed by atoms with van der Waals surface area (Å²) in [6, 6.07) is 7.26. The predicted octanol–water partition coefficient (Wildman–Crippen LogP) is 3.15. The molecule has 0 radical (unpaired) electrons. The lowest BCUT2D eigenvalue weighted by molar-refractivity contribution is 0.416. The quantitative estimate of drug-likeness (QED) is 0.726. The third-order valence-corrected chi connectivity index (χ3v) is 2.76. The molecule has 84 valence electrons. The van der Waals surface area contributed by atoms with Gasteiger partial charge in [-0.3, -0.25) is 4.98 Å². The highest BCUT2D eigenvalue weighted by molar-refractivity contribution is 9.10. The van der Waals surface area contributed by atoms with Crippen molar-refractivity contribution in [1.29, 1.82) is 0 Å². The first-order chi connectivity index (χ1) is 8.34. The largest absolute Gasteiger partial charge is 0.458 e. The Balaban J connectivity index is 2.02. The highest BCUT2D eigenvalue weighted by atomic mass is 79.9. The Morgan fingerprint density at radius 2 is 2.12 bits per heavy atom. The highest BCUT2D eigenvalue weighted by Crippen LogP contribution is 2.28. The van der Waals surface area contributed by atoms with Gasteiger partial charge in [0.05, 0.1) is 10.7 Å². The van der Waals surface area contributed by atoms with Crippen LogP contribution in [0.3, 0.4) is 0 Å². The van der Waals surface area contributed by atoms with Gasteiger partial charge in [0.2, 0.25) is 11.6 Å². The van der Waals surface area contributed by atoms with E-state index in [1.165, 1.54) is 0 Å². The number of rotatable bonds is 2. The van der Waals surface area contributed by atoms with Crippen LogP contribution in [0.25, 0.3) is 23.2 Å². The van der Waals surface area contributed by atoms with E-state index in [4.69, 9.17) is 8.94 Å². The van der Waals surface area contributed by atoms with E-state index in [0.29, 0.717) is 23.2 Å². The molecule has 0 fully saturated rings. The Morgan fingerprint density at radius 3 is 2.82 bits per heavy atom. The van der Waals surface area contributed by atoms with Crippen LogP contribution in [0.15, 0.2) is 50.1 Å². The third-order valence-electron chi connectivity index (χ3n) is 2.13. The number of aromatic nitrogens is 3. The molecule has 3 aromatic rings.